The Bertz CT molecular complexity index is 493. The van der Waals surface area contributed by atoms with Crippen molar-refractivity contribution < 1.29 is 22.7 Å². The predicted molar refractivity (Wildman–Crippen MR) is 78.6 cm³/mol. The Kier molecular flexibility index (Phi) is 5.75. The number of piperazine rings is 1. The van der Waals surface area contributed by atoms with E-state index in [0.717, 1.165) is 6.26 Å². The van der Waals surface area contributed by atoms with E-state index in [-0.39, 0.29) is 11.9 Å². The van der Waals surface area contributed by atoms with Crippen molar-refractivity contribution in [1.29, 1.82) is 0 Å². The van der Waals surface area contributed by atoms with Crippen LogP contribution >= 0.6 is 0 Å². The second-order valence-electron chi connectivity index (χ2n) is 5.74. The summed E-state index contributed by atoms with van der Waals surface area (Å²) in [4.78, 5) is 27.1. The number of esters is 1. The van der Waals surface area contributed by atoms with Crippen LogP contribution in [0.25, 0.3) is 0 Å². The molecule has 0 N–H and O–H groups in total. The molecule has 8 heteroatoms. The Morgan fingerprint density at radius 2 is 1.67 bits per heavy atom. The highest BCUT2D eigenvalue weighted by atomic mass is 32.2. The lowest BCUT2D eigenvalue weighted by Crippen LogP contribution is -2.56. The molecule has 1 saturated heterocycles. The normalized spacial score (nSPS) is 17.6. The van der Waals surface area contributed by atoms with Crippen LogP contribution in [-0.4, -0.2) is 80.9 Å². The molecule has 122 valence electrons. The van der Waals surface area contributed by atoms with Gasteiger partial charge in [-0.05, 0) is 13.8 Å². The van der Waals surface area contributed by atoms with E-state index in [1.807, 2.05) is 0 Å². The van der Waals surface area contributed by atoms with E-state index in [9.17, 15) is 18.0 Å². The first-order chi connectivity index (χ1) is 9.59. The largest absolute Gasteiger partial charge is 0.469 e. The number of carbonyl (C=O) groups excluding carboxylic acids is 2. The Labute approximate surface area is 126 Å². The number of amides is 1. The minimum Gasteiger partial charge on any atom is -0.469 e. The minimum atomic E-state index is -3.46. The van der Waals surface area contributed by atoms with Crippen molar-refractivity contribution in [2.24, 2.45) is 0 Å². The summed E-state index contributed by atoms with van der Waals surface area (Å²) >= 11 is 0. The van der Waals surface area contributed by atoms with Gasteiger partial charge >= 0.3 is 5.97 Å². The number of rotatable bonds is 5. The smallest absolute Gasteiger partial charge is 0.306 e. The van der Waals surface area contributed by atoms with Crippen LogP contribution in [0.5, 0.6) is 0 Å². The molecule has 1 rings (SSSR count). The van der Waals surface area contributed by atoms with E-state index >= 15 is 0 Å². The average Bonchev–Trinajstić information content (AvgIpc) is 2.43. The van der Waals surface area contributed by atoms with Crippen LogP contribution < -0.4 is 0 Å². The number of hydrogen-bond acceptors (Lipinski definition) is 6. The Hall–Kier alpha value is -1.15. The van der Waals surface area contributed by atoms with Crippen LogP contribution in [0.3, 0.4) is 0 Å². The molecule has 0 aliphatic carbocycles. The van der Waals surface area contributed by atoms with Crippen molar-refractivity contribution in [3.63, 3.8) is 0 Å². The monoisotopic (exact) mass is 320 g/mol. The molecule has 0 aromatic heterocycles. The van der Waals surface area contributed by atoms with Gasteiger partial charge in [-0.25, -0.2) is 8.42 Å². The molecule has 0 aromatic carbocycles. The molecule has 1 amide bonds. The van der Waals surface area contributed by atoms with Gasteiger partial charge in [0.05, 0.1) is 13.5 Å². The maximum atomic E-state index is 12.3. The third-order valence-electron chi connectivity index (χ3n) is 3.96. The summed E-state index contributed by atoms with van der Waals surface area (Å²) in [7, 11) is -2.10. The highest BCUT2D eigenvalue weighted by Gasteiger charge is 2.41. The van der Waals surface area contributed by atoms with E-state index in [4.69, 9.17) is 0 Å². The quantitative estimate of drug-likeness (QED) is 0.636. The van der Waals surface area contributed by atoms with Gasteiger partial charge in [0, 0.05) is 39.0 Å². The second kappa shape index (κ2) is 6.74. The third kappa shape index (κ3) is 4.41. The SMILES string of the molecule is COC(=O)CCN1CCN(C(=O)C(C)(C)S(C)(=O)=O)CC1. The summed E-state index contributed by atoms with van der Waals surface area (Å²) in [5, 5.41) is 0. The van der Waals surface area contributed by atoms with Crippen molar-refractivity contribution in [3.8, 4) is 0 Å². The first-order valence-corrected chi connectivity index (χ1v) is 8.77. The fourth-order valence-corrected chi connectivity index (χ4v) is 2.51. The fraction of sp³-hybridized carbons (Fsp3) is 0.846. The molecular weight excluding hydrogens is 296 g/mol. The van der Waals surface area contributed by atoms with Crippen LogP contribution in [0.1, 0.15) is 20.3 Å². The van der Waals surface area contributed by atoms with Crippen LogP contribution in [-0.2, 0) is 24.2 Å². The van der Waals surface area contributed by atoms with E-state index in [0.29, 0.717) is 39.1 Å². The molecule has 1 aliphatic rings. The lowest BCUT2D eigenvalue weighted by Gasteiger charge is -2.37. The molecule has 0 aromatic rings. The standard InChI is InChI=1S/C13H24N2O5S/c1-13(2,21(4,18)19)12(17)15-9-7-14(8-10-15)6-5-11(16)20-3/h5-10H2,1-4H3. The Balaban J connectivity index is 2.53. The highest BCUT2D eigenvalue weighted by molar-refractivity contribution is 7.92. The zero-order chi connectivity index (χ0) is 16.3. The topological polar surface area (TPSA) is 84.0 Å². The van der Waals surface area contributed by atoms with Gasteiger partial charge < -0.3 is 9.64 Å². The molecule has 0 bridgehead atoms. The zero-order valence-corrected chi connectivity index (χ0v) is 13.9. The van der Waals surface area contributed by atoms with Crippen LogP contribution in [0.15, 0.2) is 0 Å². The molecule has 0 spiro atoms. The number of methoxy groups -OCH3 is 1. The summed E-state index contributed by atoms with van der Waals surface area (Å²) in [6.45, 7) is 5.66. The molecule has 0 atom stereocenters. The number of sulfone groups is 1. The van der Waals surface area contributed by atoms with Crippen LogP contribution in [0.2, 0.25) is 0 Å². The highest BCUT2D eigenvalue weighted by Crippen LogP contribution is 2.19. The van der Waals surface area contributed by atoms with Crippen LogP contribution in [0, 0.1) is 0 Å². The lowest BCUT2D eigenvalue weighted by atomic mass is 10.1. The van der Waals surface area contributed by atoms with Crippen LogP contribution in [0.4, 0.5) is 0 Å². The van der Waals surface area contributed by atoms with Gasteiger partial charge in [0.25, 0.3) is 0 Å². The van der Waals surface area contributed by atoms with Gasteiger partial charge in [0.1, 0.15) is 4.75 Å². The summed E-state index contributed by atoms with van der Waals surface area (Å²) in [5.41, 5.74) is 0. The molecule has 1 fully saturated rings. The molecule has 0 radical (unpaired) electrons. The average molecular weight is 320 g/mol. The van der Waals surface area contributed by atoms with E-state index < -0.39 is 14.6 Å². The van der Waals surface area contributed by atoms with E-state index in [2.05, 4.69) is 9.64 Å². The first kappa shape index (κ1) is 17.9. The Morgan fingerprint density at radius 3 is 2.10 bits per heavy atom. The van der Waals surface area contributed by atoms with Crippen molar-refractivity contribution in [3.05, 3.63) is 0 Å². The molecule has 1 heterocycles. The van der Waals surface area contributed by atoms with E-state index in [1.165, 1.54) is 21.0 Å². The van der Waals surface area contributed by atoms with Gasteiger partial charge in [0.2, 0.25) is 5.91 Å². The third-order valence-corrected chi connectivity index (χ3v) is 5.99. The zero-order valence-electron chi connectivity index (χ0n) is 13.1. The summed E-state index contributed by atoms with van der Waals surface area (Å²) in [6.07, 6.45) is 1.40. The number of carbonyl (C=O) groups is 2. The molecule has 0 saturated carbocycles. The molecule has 1 aliphatic heterocycles. The van der Waals surface area contributed by atoms with Crippen molar-refractivity contribution >= 4 is 21.7 Å². The van der Waals surface area contributed by atoms with Gasteiger partial charge in [-0.15, -0.1) is 0 Å². The molecule has 0 unspecified atom stereocenters. The second-order valence-corrected chi connectivity index (χ2v) is 8.31. The van der Waals surface area contributed by atoms with Gasteiger partial charge in [0.15, 0.2) is 9.84 Å². The van der Waals surface area contributed by atoms with Crippen molar-refractivity contribution in [2.75, 3.05) is 46.1 Å². The molecule has 21 heavy (non-hydrogen) atoms. The maximum Gasteiger partial charge on any atom is 0.306 e. The maximum absolute atomic E-state index is 12.3. The number of ether oxygens (including phenoxy) is 1. The number of nitrogens with zero attached hydrogens (tertiary/aromatic N) is 2. The number of hydrogen-bond donors (Lipinski definition) is 0. The minimum absolute atomic E-state index is 0.258. The van der Waals surface area contributed by atoms with E-state index in [1.54, 1.807) is 4.90 Å². The predicted octanol–water partition coefficient (Wildman–Crippen LogP) is -0.483. The summed E-state index contributed by atoms with van der Waals surface area (Å²) in [6, 6.07) is 0. The van der Waals surface area contributed by atoms with Gasteiger partial charge in [-0.1, -0.05) is 0 Å². The summed E-state index contributed by atoms with van der Waals surface area (Å²) < 4.78 is 26.6. The molecular formula is C13H24N2O5S. The summed E-state index contributed by atoms with van der Waals surface area (Å²) in [5.74, 6) is -0.621. The van der Waals surface area contributed by atoms with Crippen molar-refractivity contribution in [2.45, 2.75) is 25.0 Å². The lowest BCUT2D eigenvalue weighted by molar-refractivity contribution is -0.141. The van der Waals surface area contributed by atoms with Gasteiger partial charge in [-0.2, -0.15) is 0 Å². The Morgan fingerprint density at radius 1 is 1.14 bits per heavy atom. The fourth-order valence-electron chi connectivity index (χ4n) is 2.07. The first-order valence-electron chi connectivity index (χ1n) is 6.87. The van der Waals surface area contributed by atoms with Gasteiger partial charge in [-0.3, -0.25) is 14.5 Å². The molecule has 7 nitrogen and oxygen atoms in total. The van der Waals surface area contributed by atoms with Crippen molar-refractivity contribution in [1.82, 2.24) is 9.80 Å².